The zero-order valence-electron chi connectivity index (χ0n) is 9.98. The number of imide groups is 1. The van der Waals surface area contributed by atoms with Gasteiger partial charge in [0, 0.05) is 25.2 Å². The highest BCUT2D eigenvalue weighted by Crippen LogP contribution is 2.05. The van der Waals surface area contributed by atoms with Crippen molar-refractivity contribution in [1.29, 1.82) is 0 Å². The smallest absolute Gasteiger partial charge is 0.336 e. The fraction of sp³-hybridized carbons (Fsp3) is 0.444. The number of methoxy groups -OCH3 is 1. The van der Waals surface area contributed by atoms with Crippen LogP contribution in [0.2, 0.25) is 0 Å². The van der Waals surface area contributed by atoms with Crippen molar-refractivity contribution in [3.05, 3.63) is 12.2 Å². The van der Waals surface area contributed by atoms with Gasteiger partial charge in [0.05, 0.1) is 7.11 Å². The molecule has 0 spiro atoms. The van der Waals surface area contributed by atoms with Crippen molar-refractivity contribution in [2.24, 2.45) is 0 Å². The van der Waals surface area contributed by atoms with Crippen LogP contribution in [0.1, 0.15) is 0 Å². The molecule has 0 aromatic carbocycles. The zero-order chi connectivity index (χ0) is 14.6. The molecule has 1 aliphatic heterocycles. The van der Waals surface area contributed by atoms with E-state index in [2.05, 4.69) is 4.74 Å². The summed E-state index contributed by atoms with van der Waals surface area (Å²) in [6.07, 6.45) is 2.08. The largest absolute Gasteiger partial charge is 0.468 e. The lowest BCUT2D eigenvalue weighted by molar-refractivity contribution is -0.140. The maximum atomic E-state index is 11.2. The van der Waals surface area contributed by atoms with E-state index in [1.54, 1.807) is 0 Å². The standard InChI is InChI=1S/C9H12N2O7S/c1-18-9(14)6-10(19(15,16)17)4-5-11-7(12)2-3-8(11)13/h2-3H,4-6H2,1H3,(H,15,16,17). The van der Waals surface area contributed by atoms with Gasteiger partial charge in [-0.3, -0.25) is 23.8 Å². The van der Waals surface area contributed by atoms with Gasteiger partial charge in [0.2, 0.25) is 0 Å². The number of ether oxygens (including phenoxy) is 1. The lowest BCUT2D eigenvalue weighted by atomic mass is 10.5. The van der Waals surface area contributed by atoms with Crippen molar-refractivity contribution in [3.8, 4) is 0 Å². The van der Waals surface area contributed by atoms with Gasteiger partial charge in [-0.1, -0.05) is 0 Å². The minimum Gasteiger partial charge on any atom is -0.468 e. The third-order valence-corrected chi connectivity index (χ3v) is 3.30. The Labute approximate surface area is 109 Å². The van der Waals surface area contributed by atoms with Crippen LogP contribution in [0.25, 0.3) is 0 Å². The summed E-state index contributed by atoms with van der Waals surface area (Å²) in [4.78, 5) is 34.2. The van der Waals surface area contributed by atoms with E-state index in [1.807, 2.05) is 0 Å². The fourth-order valence-corrected chi connectivity index (χ4v) is 1.93. The molecule has 1 N–H and O–H groups in total. The molecule has 1 rings (SSSR count). The second-order valence-electron chi connectivity index (χ2n) is 3.55. The van der Waals surface area contributed by atoms with Crippen LogP contribution < -0.4 is 0 Å². The molecular formula is C9H12N2O7S. The topological polar surface area (TPSA) is 121 Å². The van der Waals surface area contributed by atoms with Gasteiger partial charge in [-0.15, -0.1) is 0 Å². The third-order valence-electron chi connectivity index (χ3n) is 2.33. The van der Waals surface area contributed by atoms with Crippen LogP contribution in [0.3, 0.4) is 0 Å². The predicted octanol–water partition coefficient (Wildman–Crippen LogP) is -1.81. The minimum atomic E-state index is -4.63. The molecule has 0 unspecified atom stereocenters. The fourth-order valence-electron chi connectivity index (χ4n) is 1.35. The van der Waals surface area contributed by atoms with Crippen LogP contribution in [0.5, 0.6) is 0 Å². The maximum absolute atomic E-state index is 11.2. The number of hydrogen-bond acceptors (Lipinski definition) is 6. The Kier molecular flexibility index (Phi) is 4.75. The molecule has 0 saturated carbocycles. The van der Waals surface area contributed by atoms with Crippen LogP contribution in [0.15, 0.2) is 12.2 Å². The minimum absolute atomic E-state index is 0.276. The van der Waals surface area contributed by atoms with Crippen molar-refractivity contribution in [1.82, 2.24) is 9.21 Å². The molecule has 1 heterocycles. The average Bonchev–Trinajstić information content (AvgIpc) is 2.63. The summed E-state index contributed by atoms with van der Waals surface area (Å²) in [5, 5.41) is 0. The molecule has 0 aromatic heterocycles. The van der Waals surface area contributed by atoms with E-state index in [4.69, 9.17) is 4.55 Å². The molecule has 0 saturated heterocycles. The molecule has 10 heteroatoms. The summed E-state index contributed by atoms with van der Waals surface area (Å²) < 4.78 is 35.6. The quantitative estimate of drug-likeness (QED) is 0.348. The number of carbonyl (C=O) groups is 3. The molecule has 0 aliphatic carbocycles. The molecule has 0 atom stereocenters. The Morgan fingerprint density at radius 1 is 1.37 bits per heavy atom. The van der Waals surface area contributed by atoms with Gasteiger partial charge in [-0.05, 0) is 0 Å². The number of nitrogens with zero attached hydrogens (tertiary/aromatic N) is 2. The second kappa shape index (κ2) is 5.91. The van der Waals surface area contributed by atoms with Gasteiger partial charge < -0.3 is 4.74 Å². The Morgan fingerprint density at radius 2 is 1.89 bits per heavy atom. The van der Waals surface area contributed by atoms with Crippen molar-refractivity contribution >= 4 is 28.1 Å². The van der Waals surface area contributed by atoms with Gasteiger partial charge in [-0.2, -0.15) is 12.7 Å². The lowest BCUT2D eigenvalue weighted by Gasteiger charge is -2.20. The van der Waals surface area contributed by atoms with Crippen molar-refractivity contribution < 1.29 is 32.1 Å². The Balaban J connectivity index is 2.67. The number of amides is 2. The molecule has 19 heavy (non-hydrogen) atoms. The van der Waals surface area contributed by atoms with E-state index in [1.165, 1.54) is 0 Å². The van der Waals surface area contributed by atoms with Crippen LogP contribution in [0.4, 0.5) is 0 Å². The average molecular weight is 292 g/mol. The second-order valence-corrected chi connectivity index (χ2v) is 4.96. The van der Waals surface area contributed by atoms with E-state index in [0.717, 1.165) is 24.2 Å². The molecule has 106 valence electrons. The molecule has 0 bridgehead atoms. The zero-order valence-corrected chi connectivity index (χ0v) is 10.8. The summed E-state index contributed by atoms with van der Waals surface area (Å²) in [5.41, 5.74) is 0. The first-order valence-electron chi connectivity index (χ1n) is 5.08. The van der Waals surface area contributed by atoms with Crippen molar-refractivity contribution in [2.75, 3.05) is 26.7 Å². The first-order chi connectivity index (χ1) is 8.75. The van der Waals surface area contributed by atoms with Crippen molar-refractivity contribution in [2.45, 2.75) is 0 Å². The molecule has 2 amide bonds. The number of hydrogen-bond donors (Lipinski definition) is 1. The highest BCUT2D eigenvalue weighted by atomic mass is 32.2. The molecule has 0 fully saturated rings. The van der Waals surface area contributed by atoms with Gasteiger partial charge in [-0.25, -0.2) is 0 Å². The molecule has 0 radical (unpaired) electrons. The Bertz CT molecular complexity index is 507. The van der Waals surface area contributed by atoms with Crippen LogP contribution in [-0.4, -0.2) is 66.7 Å². The first-order valence-corrected chi connectivity index (χ1v) is 6.48. The van der Waals surface area contributed by atoms with Crippen LogP contribution in [0, 0.1) is 0 Å². The summed E-state index contributed by atoms with van der Waals surface area (Å²) in [5.74, 6) is -2.05. The summed E-state index contributed by atoms with van der Waals surface area (Å²) in [6.45, 7) is -1.40. The van der Waals surface area contributed by atoms with Crippen LogP contribution >= 0.6 is 0 Å². The van der Waals surface area contributed by atoms with Crippen LogP contribution in [-0.2, 0) is 29.4 Å². The molecule has 9 nitrogen and oxygen atoms in total. The summed E-state index contributed by atoms with van der Waals surface area (Å²) in [6, 6.07) is 0. The maximum Gasteiger partial charge on any atom is 0.336 e. The van der Waals surface area contributed by atoms with Gasteiger partial charge in [0.25, 0.3) is 11.8 Å². The van der Waals surface area contributed by atoms with E-state index in [0.29, 0.717) is 4.31 Å². The number of esters is 1. The van der Waals surface area contributed by atoms with Crippen molar-refractivity contribution in [3.63, 3.8) is 0 Å². The Morgan fingerprint density at radius 3 is 2.32 bits per heavy atom. The predicted molar refractivity (Wildman–Crippen MR) is 61.0 cm³/mol. The summed E-state index contributed by atoms with van der Waals surface area (Å²) in [7, 11) is -3.58. The van der Waals surface area contributed by atoms with E-state index < -0.39 is 41.2 Å². The SMILES string of the molecule is COC(=O)CN(CCN1C(=O)C=CC1=O)S(=O)(=O)O. The number of rotatable bonds is 6. The summed E-state index contributed by atoms with van der Waals surface area (Å²) >= 11 is 0. The molecular weight excluding hydrogens is 280 g/mol. The highest BCUT2D eigenvalue weighted by Gasteiger charge is 2.27. The van der Waals surface area contributed by atoms with E-state index in [9.17, 15) is 22.8 Å². The third kappa shape index (κ3) is 4.12. The lowest BCUT2D eigenvalue weighted by Crippen LogP contribution is -2.43. The normalized spacial score (nSPS) is 15.4. The van der Waals surface area contributed by atoms with E-state index in [-0.39, 0.29) is 6.54 Å². The van der Waals surface area contributed by atoms with Gasteiger partial charge in [0.1, 0.15) is 6.54 Å². The monoisotopic (exact) mass is 292 g/mol. The molecule has 1 aliphatic rings. The van der Waals surface area contributed by atoms with Gasteiger partial charge in [0.15, 0.2) is 0 Å². The highest BCUT2D eigenvalue weighted by molar-refractivity contribution is 7.83. The van der Waals surface area contributed by atoms with E-state index >= 15 is 0 Å². The molecule has 0 aromatic rings. The van der Waals surface area contributed by atoms with Gasteiger partial charge >= 0.3 is 16.3 Å². The Hall–Kier alpha value is -1.78. The number of carbonyl (C=O) groups excluding carboxylic acids is 3. The first kappa shape index (κ1) is 15.3.